The average Bonchev–Trinajstić information content (AvgIpc) is 2.64. The first kappa shape index (κ1) is 22.6. The number of nitrogens with one attached hydrogen (secondary N) is 1. The van der Waals surface area contributed by atoms with Gasteiger partial charge in [0.15, 0.2) is 0 Å². The first-order chi connectivity index (χ1) is 12.6. The SMILES string of the molecule is CCCCCCCCCCCc1cccc(C(O)C(CO)NC(C)=O)n1. The lowest BCUT2D eigenvalue weighted by atomic mass is 10.0. The van der Waals surface area contributed by atoms with Gasteiger partial charge >= 0.3 is 0 Å². The van der Waals surface area contributed by atoms with Gasteiger partial charge in [0.1, 0.15) is 6.10 Å². The summed E-state index contributed by atoms with van der Waals surface area (Å²) in [5.41, 5.74) is 1.44. The van der Waals surface area contributed by atoms with Crippen LogP contribution in [0.15, 0.2) is 18.2 Å². The summed E-state index contributed by atoms with van der Waals surface area (Å²) < 4.78 is 0. The van der Waals surface area contributed by atoms with E-state index < -0.39 is 12.1 Å². The Morgan fingerprint density at radius 3 is 2.27 bits per heavy atom. The van der Waals surface area contributed by atoms with Crippen molar-refractivity contribution in [3.05, 3.63) is 29.6 Å². The first-order valence-electron chi connectivity index (χ1n) is 10.1. The Balaban J connectivity index is 2.34. The molecule has 26 heavy (non-hydrogen) atoms. The average molecular weight is 365 g/mol. The summed E-state index contributed by atoms with van der Waals surface area (Å²) in [5, 5.41) is 22.3. The van der Waals surface area contributed by atoms with E-state index in [-0.39, 0.29) is 12.5 Å². The zero-order valence-electron chi connectivity index (χ0n) is 16.4. The molecule has 0 bridgehead atoms. The van der Waals surface area contributed by atoms with Crippen molar-refractivity contribution in [3.8, 4) is 0 Å². The number of aromatic nitrogens is 1. The normalized spacial score (nSPS) is 13.4. The van der Waals surface area contributed by atoms with E-state index >= 15 is 0 Å². The van der Waals surface area contributed by atoms with Gasteiger partial charge in [-0.25, -0.2) is 0 Å². The van der Waals surface area contributed by atoms with E-state index in [0.29, 0.717) is 5.69 Å². The molecule has 0 fully saturated rings. The molecule has 0 aliphatic rings. The molecule has 1 aromatic heterocycles. The lowest BCUT2D eigenvalue weighted by Crippen LogP contribution is -2.41. The van der Waals surface area contributed by atoms with Gasteiger partial charge in [0.05, 0.1) is 18.3 Å². The Labute approximate surface area is 158 Å². The molecule has 1 rings (SSSR count). The topological polar surface area (TPSA) is 82.5 Å². The smallest absolute Gasteiger partial charge is 0.217 e. The minimum Gasteiger partial charge on any atom is -0.394 e. The van der Waals surface area contributed by atoms with E-state index in [1.165, 1.54) is 58.3 Å². The van der Waals surface area contributed by atoms with Crippen molar-refractivity contribution in [3.63, 3.8) is 0 Å². The molecule has 0 saturated heterocycles. The molecule has 0 spiro atoms. The van der Waals surface area contributed by atoms with Crippen molar-refractivity contribution >= 4 is 5.91 Å². The van der Waals surface area contributed by atoms with Crippen molar-refractivity contribution in [1.82, 2.24) is 10.3 Å². The molecule has 5 heteroatoms. The third kappa shape index (κ3) is 9.30. The van der Waals surface area contributed by atoms with Crippen molar-refractivity contribution in [2.75, 3.05) is 6.61 Å². The largest absolute Gasteiger partial charge is 0.394 e. The number of aliphatic hydroxyl groups is 2. The maximum Gasteiger partial charge on any atom is 0.217 e. The highest BCUT2D eigenvalue weighted by Gasteiger charge is 2.22. The minimum absolute atomic E-state index is 0.283. The van der Waals surface area contributed by atoms with Gasteiger partial charge in [-0.05, 0) is 25.0 Å². The van der Waals surface area contributed by atoms with Crippen LogP contribution in [0.5, 0.6) is 0 Å². The molecule has 0 radical (unpaired) electrons. The van der Waals surface area contributed by atoms with Crippen LogP contribution in [0.2, 0.25) is 0 Å². The number of amides is 1. The Bertz CT molecular complexity index is 508. The summed E-state index contributed by atoms with van der Waals surface area (Å²) in [4.78, 5) is 15.7. The monoisotopic (exact) mass is 364 g/mol. The van der Waals surface area contributed by atoms with Gasteiger partial charge in [-0.2, -0.15) is 0 Å². The predicted octanol–water partition coefficient (Wildman–Crippen LogP) is 3.69. The minimum atomic E-state index is -1.01. The van der Waals surface area contributed by atoms with Crippen LogP contribution < -0.4 is 5.32 Å². The van der Waals surface area contributed by atoms with Gasteiger partial charge in [0, 0.05) is 12.6 Å². The maximum absolute atomic E-state index is 11.2. The van der Waals surface area contributed by atoms with Crippen LogP contribution in [-0.2, 0) is 11.2 Å². The predicted molar refractivity (Wildman–Crippen MR) is 105 cm³/mol. The van der Waals surface area contributed by atoms with E-state index in [1.807, 2.05) is 12.1 Å². The molecule has 5 nitrogen and oxygen atoms in total. The molecule has 1 heterocycles. The second-order valence-electron chi connectivity index (χ2n) is 7.07. The number of rotatable bonds is 14. The van der Waals surface area contributed by atoms with E-state index in [2.05, 4.69) is 17.2 Å². The highest BCUT2D eigenvalue weighted by Crippen LogP contribution is 2.17. The number of unbranched alkanes of at least 4 members (excludes halogenated alkanes) is 8. The van der Waals surface area contributed by atoms with E-state index in [4.69, 9.17) is 0 Å². The van der Waals surface area contributed by atoms with Crippen LogP contribution in [0.1, 0.15) is 89.1 Å². The van der Waals surface area contributed by atoms with Crippen LogP contribution in [0.25, 0.3) is 0 Å². The second kappa shape index (κ2) is 13.7. The van der Waals surface area contributed by atoms with Gasteiger partial charge < -0.3 is 15.5 Å². The Kier molecular flexibility index (Phi) is 11.9. The van der Waals surface area contributed by atoms with Gasteiger partial charge in [-0.3, -0.25) is 9.78 Å². The first-order valence-corrected chi connectivity index (χ1v) is 10.1. The third-order valence-corrected chi connectivity index (χ3v) is 4.63. The van der Waals surface area contributed by atoms with E-state index in [0.717, 1.165) is 18.5 Å². The van der Waals surface area contributed by atoms with Gasteiger partial charge in [-0.15, -0.1) is 0 Å². The molecule has 3 N–H and O–H groups in total. The number of carbonyl (C=O) groups excluding carboxylic acids is 1. The number of pyridine rings is 1. The molecular weight excluding hydrogens is 328 g/mol. The molecule has 1 aromatic rings. The zero-order chi connectivity index (χ0) is 19.2. The summed E-state index contributed by atoms with van der Waals surface area (Å²) >= 11 is 0. The van der Waals surface area contributed by atoms with Crippen LogP contribution in [0, 0.1) is 0 Å². The third-order valence-electron chi connectivity index (χ3n) is 4.63. The van der Waals surface area contributed by atoms with Crippen LogP contribution >= 0.6 is 0 Å². The number of hydrogen-bond acceptors (Lipinski definition) is 4. The molecule has 0 aromatic carbocycles. The quantitative estimate of drug-likeness (QED) is 0.440. The Morgan fingerprint density at radius 2 is 1.69 bits per heavy atom. The Hall–Kier alpha value is -1.46. The van der Waals surface area contributed by atoms with Crippen molar-refractivity contribution in [2.24, 2.45) is 0 Å². The fourth-order valence-electron chi connectivity index (χ4n) is 3.11. The van der Waals surface area contributed by atoms with Gasteiger partial charge in [0.2, 0.25) is 5.91 Å². The van der Waals surface area contributed by atoms with Crippen LogP contribution in [-0.4, -0.2) is 33.8 Å². The summed E-state index contributed by atoms with van der Waals surface area (Å²) in [6.45, 7) is 3.28. The van der Waals surface area contributed by atoms with Crippen molar-refractivity contribution in [1.29, 1.82) is 0 Å². The fourth-order valence-corrected chi connectivity index (χ4v) is 3.11. The number of aliphatic hydroxyl groups excluding tert-OH is 2. The fraction of sp³-hybridized carbons (Fsp3) is 0.714. The van der Waals surface area contributed by atoms with Gasteiger partial charge in [0.25, 0.3) is 0 Å². The highest BCUT2D eigenvalue weighted by atomic mass is 16.3. The van der Waals surface area contributed by atoms with Crippen molar-refractivity contribution < 1.29 is 15.0 Å². The van der Waals surface area contributed by atoms with Gasteiger partial charge in [-0.1, -0.05) is 64.4 Å². The number of aryl methyl sites for hydroxylation is 1. The number of carbonyl (C=O) groups is 1. The number of nitrogens with zero attached hydrogens (tertiary/aromatic N) is 1. The van der Waals surface area contributed by atoms with E-state index in [9.17, 15) is 15.0 Å². The molecule has 0 aliphatic heterocycles. The molecule has 0 aliphatic carbocycles. The standard InChI is InChI=1S/C21H36N2O3/c1-3-4-5-6-7-8-9-10-11-13-18-14-12-15-19(23-18)21(26)20(16-24)22-17(2)25/h12,14-15,20-21,24,26H,3-11,13,16H2,1-2H3,(H,22,25). The molecule has 1 amide bonds. The summed E-state index contributed by atoms with van der Waals surface area (Å²) in [6.07, 6.45) is 11.5. The summed E-state index contributed by atoms with van der Waals surface area (Å²) in [6, 6.07) is 4.84. The molecule has 148 valence electrons. The lowest BCUT2D eigenvalue weighted by Gasteiger charge is -2.21. The Morgan fingerprint density at radius 1 is 1.08 bits per heavy atom. The van der Waals surface area contributed by atoms with Crippen molar-refractivity contribution in [2.45, 2.75) is 90.2 Å². The van der Waals surface area contributed by atoms with Crippen LogP contribution in [0.4, 0.5) is 0 Å². The molecule has 2 atom stereocenters. The summed E-state index contributed by atoms with van der Waals surface area (Å²) in [5.74, 6) is -0.283. The molecule has 2 unspecified atom stereocenters. The number of hydrogen-bond donors (Lipinski definition) is 3. The molecular formula is C21H36N2O3. The highest BCUT2D eigenvalue weighted by molar-refractivity contribution is 5.73. The second-order valence-corrected chi connectivity index (χ2v) is 7.07. The summed E-state index contributed by atoms with van der Waals surface area (Å²) in [7, 11) is 0. The van der Waals surface area contributed by atoms with E-state index in [1.54, 1.807) is 6.07 Å². The molecule has 0 saturated carbocycles. The zero-order valence-corrected chi connectivity index (χ0v) is 16.4. The van der Waals surface area contributed by atoms with Crippen LogP contribution in [0.3, 0.4) is 0 Å². The lowest BCUT2D eigenvalue weighted by molar-refractivity contribution is -0.121. The maximum atomic E-state index is 11.2.